The van der Waals surface area contributed by atoms with Crippen molar-refractivity contribution in [3.05, 3.63) is 29.3 Å². The van der Waals surface area contributed by atoms with Gasteiger partial charge in [-0.15, -0.1) is 0 Å². The first kappa shape index (κ1) is 10.5. The molecule has 1 heterocycles. The zero-order valence-electron chi connectivity index (χ0n) is 9.66. The van der Waals surface area contributed by atoms with Crippen LogP contribution in [0.3, 0.4) is 0 Å². The average Bonchev–Trinajstić information content (AvgIpc) is 2.23. The largest absolute Gasteiger partial charge is 0.493 e. The van der Waals surface area contributed by atoms with E-state index in [9.17, 15) is 0 Å². The summed E-state index contributed by atoms with van der Waals surface area (Å²) in [5.41, 5.74) is 8.68. The second-order valence-electron chi connectivity index (χ2n) is 4.77. The summed E-state index contributed by atoms with van der Waals surface area (Å²) in [6.45, 7) is 7.26. The molecule has 2 N–H and O–H groups in total. The van der Waals surface area contributed by atoms with Gasteiger partial charge in [-0.3, -0.25) is 0 Å². The summed E-state index contributed by atoms with van der Waals surface area (Å²) in [5, 5.41) is 0. The fourth-order valence-corrected chi connectivity index (χ4v) is 1.95. The number of hydrogen-bond acceptors (Lipinski definition) is 2. The Morgan fingerprint density at radius 1 is 1.40 bits per heavy atom. The molecular formula is C13H19NO. The predicted octanol–water partition coefficient (Wildman–Crippen LogP) is 2.84. The fraction of sp³-hybridized carbons (Fsp3) is 0.538. The maximum absolute atomic E-state index is 6.18. The van der Waals surface area contributed by atoms with E-state index >= 15 is 0 Å². The van der Waals surface area contributed by atoms with Gasteiger partial charge < -0.3 is 10.5 Å². The van der Waals surface area contributed by atoms with Crippen molar-refractivity contribution in [2.45, 2.75) is 32.7 Å². The van der Waals surface area contributed by atoms with Gasteiger partial charge in [-0.2, -0.15) is 0 Å². The smallest absolute Gasteiger partial charge is 0.124 e. The summed E-state index contributed by atoms with van der Waals surface area (Å²) in [4.78, 5) is 0. The van der Waals surface area contributed by atoms with E-state index < -0.39 is 0 Å². The first-order valence-electron chi connectivity index (χ1n) is 5.62. The average molecular weight is 205 g/mol. The Morgan fingerprint density at radius 3 is 2.80 bits per heavy atom. The lowest BCUT2D eigenvalue weighted by atomic mass is 9.90. The quantitative estimate of drug-likeness (QED) is 0.765. The zero-order valence-corrected chi connectivity index (χ0v) is 9.66. The van der Waals surface area contributed by atoms with E-state index in [2.05, 4.69) is 39.0 Å². The van der Waals surface area contributed by atoms with Gasteiger partial charge in [0, 0.05) is 17.5 Å². The van der Waals surface area contributed by atoms with Crippen LogP contribution in [0.4, 0.5) is 0 Å². The fourth-order valence-electron chi connectivity index (χ4n) is 1.95. The summed E-state index contributed by atoms with van der Waals surface area (Å²) in [7, 11) is 0. The molecule has 2 atom stereocenters. The number of nitrogens with two attached hydrogens (primary N) is 1. The molecule has 15 heavy (non-hydrogen) atoms. The summed E-state index contributed by atoms with van der Waals surface area (Å²) in [5.74, 6) is 1.91. The Balaban J connectivity index is 2.41. The molecular weight excluding hydrogens is 186 g/mol. The summed E-state index contributed by atoms with van der Waals surface area (Å²) in [6.07, 6.45) is 0. The van der Waals surface area contributed by atoms with Gasteiger partial charge in [-0.05, 0) is 17.5 Å². The molecule has 2 unspecified atom stereocenters. The van der Waals surface area contributed by atoms with Gasteiger partial charge >= 0.3 is 0 Å². The van der Waals surface area contributed by atoms with E-state index in [1.54, 1.807) is 0 Å². The highest BCUT2D eigenvalue weighted by Crippen LogP contribution is 2.35. The maximum atomic E-state index is 6.18. The molecule has 1 aliphatic heterocycles. The van der Waals surface area contributed by atoms with E-state index in [0.29, 0.717) is 11.8 Å². The van der Waals surface area contributed by atoms with Crippen LogP contribution < -0.4 is 10.5 Å². The molecule has 2 nitrogen and oxygen atoms in total. The molecule has 0 bridgehead atoms. The number of benzene rings is 1. The van der Waals surface area contributed by atoms with Crippen LogP contribution in [-0.4, -0.2) is 6.61 Å². The van der Waals surface area contributed by atoms with E-state index in [1.807, 2.05) is 0 Å². The Kier molecular flexibility index (Phi) is 2.70. The normalized spacial score (nSPS) is 24.9. The lowest BCUT2D eigenvalue weighted by molar-refractivity contribution is 0.207. The zero-order chi connectivity index (χ0) is 11.0. The maximum Gasteiger partial charge on any atom is 0.124 e. The summed E-state index contributed by atoms with van der Waals surface area (Å²) < 4.78 is 5.66. The van der Waals surface area contributed by atoms with Gasteiger partial charge in [0.2, 0.25) is 0 Å². The van der Waals surface area contributed by atoms with Crippen LogP contribution in [0.2, 0.25) is 0 Å². The minimum Gasteiger partial charge on any atom is -0.493 e. The predicted molar refractivity (Wildman–Crippen MR) is 62.1 cm³/mol. The third-order valence-corrected chi connectivity index (χ3v) is 3.17. The molecule has 2 rings (SSSR count). The van der Waals surface area contributed by atoms with Crippen molar-refractivity contribution < 1.29 is 4.74 Å². The summed E-state index contributed by atoms with van der Waals surface area (Å²) in [6, 6.07) is 6.50. The minimum absolute atomic E-state index is 0.118. The van der Waals surface area contributed by atoms with Crippen molar-refractivity contribution in [2.75, 3.05) is 6.61 Å². The molecule has 1 aliphatic rings. The van der Waals surface area contributed by atoms with Gasteiger partial charge in [0.1, 0.15) is 5.75 Å². The summed E-state index contributed by atoms with van der Waals surface area (Å²) >= 11 is 0. The molecule has 0 fully saturated rings. The van der Waals surface area contributed by atoms with E-state index in [1.165, 1.54) is 11.1 Å². The van der Waals surface area contributed by atoms with E-state index in [0.717, 1.165) is 12.4 Å². The van der Waals surface area contributed by atoms with Crippen molar-refractivity contribution in [2.24, 2.45) is 11.7 Å². The van der Waals surface area contributed by atoms with Gasteiger partial charge in [0.05, 0.1) is 6.61 Å². The third kappa shape index (κ3) is 1.86. The molecule has 0 radical (unpaired) electrons. The molecule has 0 aliphatic carbocycles. The highest BCUT2D eigenvalue weighted by atomic mass is 16.5. The van der Waals surface area contributed by atoms with Crippen LogP contribution in [0.25, 0.3) is 0 Å². The second kappa shape index (κ2) is 3.86. The molecule has 1 aromatic rings. The molecule has 0 amide bonds. The number of hydrogen-bond donors (Lipinski definition) is 1. The Morgan fingerprint density at radius 2 is 2.13 bits per heavy atom. The van der Waals surface area contributed by atoms with Crippen molar-refractivity contribution in [1.29, 1.82) is 0 Å². The molecule has 2 heteroatoms. The van der Waals surface area contributed by atoms with Crippen LogP contribution in [-0.2, 0) is 0 Å². The van der Waals surface area contributed by atoms with Gasteiger partial charge in [-0.1, -0.05) is 32.9 Å². The highest BCUT2D eigenvalue weighted by molar-refractivity contribution is 5.41. The molecule has 0 saturated carbocycles. The first-order valence-corrected chi connectivity index (χ1v) is 5.62. The molecule has 0 spiro atoms. The van der Waals surface area contributed by atoms with Gasteiger partial charge in [-0.25, -0.2) is 0 Å². The van der Waals surface area contributed by atoms with Crippen LogP contribution in [0.15, 0.2) is 18.2 Å². The standard InChI is InChI=1S/C13H19NO/c1-8(2)10-4-5-12-11(6-10)13(14)9(3)7-15-12/h4-6,8-9,13H,7,14H2,1-3H3. The van der Waals surface area contributed by atoms with Gasteiger partial charge in [0.25, 0.3) is 0 Å². The number of ether oxygens (including phenoxy) is 1. The Labute approximate surface area is 91.4 Å². The van der Waals surface area contributed by atoms with Crippen molar-refractivity contribution >= 4 is 0 Å². The number of fused-ring (bicyclic) bond motifs is 1. The SMILES string of the molecule is CC(C)c1ccc2c(c1)C(N)C(C)CO2. The third-order valence-electron chi connectivity index (χ3n) is 3.17. The van der Waals surface area contributed by atoms with E-state index in [4.69, 9.17) is 10.5 Å². The van der Waals surface area contributed by atoms with E-state index in [-0.39, 0.29) is 6.04 Å². The van der Waals surface area contributed by atoms with Crippen LogP contribution in [0, 0.1) is 5.92 Å². The van der Waals surface area contributed by atoms with Crippen molar-refractivity contribution in [3.8, 4) is 5.75 Å². The Bertz CT molecular complexity index is 360. The topological polar surface area (TPSA) is 35.2 Å². The lowest BCUT2D eigenvalue weighted by Crippen LogP contribution is -2.29. The monoisotopic (exact) mass is 205 g/mol. The minimum atomic E-state index is 0.118. The number of rotatable bonds is 1. The molecule has 82 valence electrons. The first-order chi connectivity index (χ1) is 7.09. The lowest BCUT2D eigenvalue weighted by Gasteiger charge is -2.29. The highest BCUT2D eigenvalue weighted by Gasteiger charge is 2.24. The molecule has 0 saturated heterocycles. The molecule has 1 aromatic carbocycles. The van der Waals surface area contributed by atoms with Crippen LogP contribution in [0.5, 0.6) is 5.75 Å². The van der Waals surface area contributed by atoms with Crippen molar-refractivity contribution in [3.63, 3.8) is 0 Å². The van der Waals surface area contributed by atoms with Crippen LogP contribution in [0.1, 0.15) is 43.9 Å². The van der Waals surface area contributed by atoms with Crippen molar-refractivity contribution in [1.82, 2.24) is 0 Å². The van der Waals surface area contributed by atoms with Crippen LogP contribution >= 0.6 is 0 Å². The second-order valence-corrected chi connectivity index (χ2v) is 4.77. The van der Waals surface area contributed by atoms with Gasteiger partial charge in [0.15, 0.2) is 0 Å². The Hall–Kier alpha value is -1.02. The molecule has 0 aromatic heterocycles.